The Bertz CT molecular complexity index is 1300. The van der Waals surface area contributed by atoms with E-state index in [0.29, 0.717) is 25.1 Å². The molecule has 3 aromatic rings. The molecule has 1 aliphatic heterocycles. The molecule has 7 nitrogen and oxygen atoms in total. The van der Waals surface area contributed by atoms with Crippen molar-refractivity contribution < 1.29 is 14.3 Å². The summed E-state index contributed by atoms with van der Waals surface area (Å²) >= 11 is 5.75. The van der Waals surface area contributed by atoms with E-state index in [2.05, 4.69) is 5.32 Å². The average molecular weight is 418 g/mol. The highest BCUT2D eigenvalue weighted by molar-refractivity contribution is 6.30. The van der Waals surface area contributed by atoms with Gasteiger partial charge in [-0.1, -0.05) is 23.7 Å². The van der Waals surface area contributed by atoms with Crippen molar-refractivity contribution in [2.75, 3.05) is 0 Å². The van der Waals surface area contributed by atoms with Gasteiger partial charge < -0.3 is 19.4 Å². The molecule has 1 amide bonds. The van der Waals surface area contributed by atoms with E-state index in [4.69, 9.17) is 11.6 Å². The van der Waals surface area contributed by atoms with Crippen molar-refractivity contribution in [1.29, 1.82) is 0 Å². The predicted molar refractivity (Wildman–Crippen MR) is 105 cm³/mol. The molecule has 9 heteroatoms. The summed E-state index contributed by atoms with van der Waals surface area (Å²) in [5, 5.41) is 12.9. The van der Waals surface area contributed by atoms with Crippen LogP contribution in [-0.4, -0.2) is 20.0 Å². The number of hydrogen-bond donors (Lipinski definition) is 2. The number of aromatic hydroxyl groups is 1. The first kappa shape index (κ1) is 19.2. The molecule has 0 radical (unpaired) electrons. The van der Waals surface area contributed by atoms with Crippen LogP contribution in [-0.2, 0) is 25.9 Å². The summed E-state index contributed by atoms with van der Waals surface area (Å²) in [6.45, 7) is 1.99. The smallest absolute Gasteiger partial charge is 0.278 e. The van der Waals surface area contributed by atoms with Crippen molar-refractivity contribution in [3.05, 3.63) is 78.3 Å². The maximum Gasteiger partial charge on any atom is 0.278 e. The van der Waals surface area contributed by atoms with Gasteiger partial charge in [-0.25, -0.2) is 4.39 Å². The molecule has 1 aromatic carbocycles. The third-order valence-electron chi connectivity index (χ3n) is 5.16. The highest BCUT2D eigenvalue weighted by Gasteiger charge is 2.29. The normalized spacial score (nSPS) is 12.5. The minimum Gasteiger partial charge on any atom is -0.503 e. The minimum atomic E-state index is -0.914. The number of pyridine rings is 1. The Kier molecular flexibility index (Phi) is 4.66. The van der Waals surface area contributed by atoms with E-state index in [1.54, 1.807) is 19.2 Å². The molecule has 1 aliphatic rings. The molecule has 3 heterocycles. The fourth-order valence-electron chi connectivity index (χ4n) is 3.73. The van der Waals surface area contributed by atoms with Crippen LogP contribution in [0.5, 0.6) is 5.75 Å². The summed E-state index contributed by atoms with van der Waals surface area (Å²) in [5.74, 6) is -2.16. The summed E-state index contributed by atoms with van der Waals surface area (Å²) in [6, 6.07) is 4.41. The zero-order valence-corrected chi connectivity index (χ0v) is 16.2. The highest BCUT2D eigenvalue weighted by atomic mass is 35.5. The van der Waals surface area contributed by atoms with Gasteiger partial charge in [0.05, 0.1) is 5.02 Å². The second-order valence-corrected chi connectivity index (χ2v) is 7.20. The first-order valence-corrected chi connectivity index (χ1v) is 9.46. The third kappa shape index (κ3) is 2.91. The van der Waals surface area contributed by atoms with Crippen molar-refractivity contribution in [1.82, 2.24) is 14.3 Å². The van der Waals surface area contributed by atoms with E-state index in [0.717, 1.165) is 5.69 Å². The van der Waals surface area contributed by atoms with E-state index < -0.39 is 28.5 Å². The summed E-state index contributed by atoms with van der Waals surface area (Å²) < 4.78 is 17.0. The lowest BCUT2D eigenvalue weighted by Gasteiger charge is -2.14. The van der Waals surface area contributed by atoms with Gasteiger partial charge in [0, 0.05) is 36.2 Å². The van der Waals surface area contributed by atoms with E-state index in [1.807, 2.05) is 0 Å². The largest absolute Gasteiger partial charge is 0.503 e. The Morgan fingerprint density at radius 1 is 1.31 bits per heavy atom. The maximum absolute atomic E-state index is 14.0. The Morgan fingerprint density at radius 2 is 2.07 bits per heavy atom. The van der Waals surface area contributed by atoms with Gasteiger partial charge in [-0.05, 0) is 25.8 Å². The summed E-state index contributed by atoms with van der Waals surface area (Å²) in [6.07, 6.45) is 2.55. The SMILES string of the molecule is CCn1cc2n3c(c(C(=O)NCc4cccc(Cl)c4F)c(=O)c(O)c3c1=O)CC2. The van der Waals surface area contributed by atoms with Gasteiger partial charge in [-0.2, -0.15) is 0 Å². The standard InChI is InChI=1S/C20H17ClFN3O4/c1-2-24-9-11-6-7-13-14(17(26)18(27)16(20(24)29)25(11)13)19(28)23-8-10-4-3-5-12(21)15(10)22/h3-5,9,27H,2,6-8H2,1H3,(H,23,28). The molecule has 0 fully saturated rings. The second kappa shape index (κ2) is 7.04. The number of hydrogen-bond acceptors (Lipinski definition) is 4. The zero-order chi connectivity index (χ0) is 20.9. The Balaban J connectivity index is 1.81. The van der Waals surface area contributed by atoms with Crippen molar-refractivity contribution in [3.8, 4) is 5.75 Å². The van der Waals surface area contributed by atoms with Gasteiger partial charge in [-0.3, -0.25) is 14.4 Å². The molecule has 0 spiro atoms. The van der Waals surface area contributed by atoms with Crippen LogP contribution in [0.1, 0.15) is 34.2 Å². The second-order valence-electron chi connectivity index (χ2n) is 6.79. The molecular weight excluding hydrogens is 401 g/mol. The van der Waals surface area contributed by atoms with Crippen LogP contribution in [0, 0.1) is 5.82 Å². The van der Waals surface area contributed by atoms with E-state index in [-0.39, 0.29) is 28.2 Å². The molecule has 4 rings (SSSR count). The lowest BCUT2D eigenvalue weighted by molar-refractivity contribution is 0.0947. The lowest BCUT2D eigenvalue weighted by atomic mass is 10.1. The first-order chi connectivity index (χ1) is 13.8. The number of nitrogens with one attached hydrogen (secondary N) is 1. The van der Waals surface area contributed by atoms with Gasteiger partial charge in [-0.15, -0.1) is 0 Å². The number of halogens is 2. The van der Waals surface area contributed by atoms with Crippen molar-refractivity contribution in [3.63, 3.8) is 0 Å². The van der Waals surface area contributed by atoms with Crippen LogP contribution in [0.25, 0.3) is 5.52 Å². The minimum absolute atomic E-state index is 0.0735. The Labute approximate surface area is 169 Å². The lowest BCUT2D eigenvalue weighted by Crippen LogP contribution is -2.32. The highest BCUT2D eigenvalue weighted by Crippen LogP contribution is 2.25. The summed E-state index contributed by atoms with van der Waals surface area (Å²) in [7, 11) is 0. The predicted octanol–water partition coefficient (Wildman–Crippen LogP) is 2.01. The molecule has 0 bridgehead atoms. The maximum atomic E-state index is 14.0. The topological polar surface area (TPSA) is 92.8 Å². The summed E-state index contributed by atoms with van der Waals surface area (Å²) in [5.41, 5.74) is -0.526. The molecule has 0 atom stereocenters. The van der Waals surface area contributed by atoms with Crippen LogP contribution in [0.3, 0.4) is 0 Å². The van der Waals surface area contributed by atoms with Crippen LogP contribution < -0.4 is 16.3 Å². The molecule has 2 aromatic heterocycles. The number of aryl methyl sites for hydroxylation is 3. The fourth-order valence-corrected chi connectivity index (χ4v) is 3.93. The number of nitrogens with zero attached hydrogens (tertiary/aromatic N) is 2. The zero-order valence-electron chi connectivity index (χ0n) is 15.5. The van der Waals surface area contributed by atoms with Crippen LogP contribution in [0.4, 0.5) is 4.39 Å². The van der Waals surface area contributed by atoms with Crippen LogP contribution in [0.2, 0.25) is 5.02 Å². The van der Waals surface area contributed by atoms with Gasteiger partial charge in [0.15, 0.2) is 11.3 Å². The molecule has 2 N–H and O–H groups in total. The monoisotopic (exact) mass is 417 g/mol. The van der Waals surface area contributed by atoms with E-state index in [1.165, 1.54) is 21.1 Å². The molecular formula is C20H17ClFN3O4. The summed E-state index contributed by atoms with van der Waals surface area (Å²) in [4.78, 5) is 38.1. The molecule has 0 aliphatic carbocycles. The molecule has 0 saturated carbocycles. The average Bonchev–Trinajstić information content (AvgIpc) is 3.11. The quantitative estimate of drug-likeness (QED) is 0.679. The molecule has 29 heavy (non-hydrogen) atoms. The molecule has 150 valence electrons. The number of aromatic nitrogens is 2. The molecule has 0 saturated heterocycles. The number of benzene rings is 1. The number of amides is 1. The molecule has 0 unspecified atom stereocenters. The van der Waals surface area contributed by atoms with Crippen molar-refractivity contribution in [2.24, 2.45) is 0 Å². The fraction of sp³-hybridized carbons (Fsp3) is 0.250. The third-order valence-corrected chi connectivity index (χ3v) is 5.45. The van der Waals surface area contributed by atoms with E-state index in [9.17, 15) is 23.9 Å². The van der Waals surface area contributed by atoms with Gasteiger partial charge in [0.1, 0.15) is 11.4 Å². The first-order valence-electron chi connectivity index (χ1n) is 9.09. The van der Waals surface area contributed by atoms with Gasteiger partial charge in [0.2, 0.25) is 5.43 Å². The van der Waals surface area contributed by atoms with Crippen molar-refractivity contribution >= 4 is 23.0 Å². The number of carbonyl (C=O) groups is 1. The Morgan fingerprint density at radius 3 is 2.79 bits per heavy atom. The van der Waals surface area contributed by atoms with Gasteiger partial charge in [0.25, 0.3) is 11.5 Å². The van der Waals surface area contributed by atoms with Crippen LogP contribution in [0.15, 0.2) is 34.0 Å². The van der Waals surface area contributed by atoms with Crippen LogP contribution >= 0.6 is 11.6 Å². The Hall–Kier alpha value is -3.13. The van der Waals surface area contributed by atoms with Gasteiger partial charge >= 0.3 is 0 Å². The van der Waals surface area contributed by atoms with Crippen molar-refractivity contribution in [2.45, 2.75) is 32.9 Å². The number of rotatable bonds is 4. The van der Waals surface area contributed by atoms with E-state index >= 15 is 0 Å². The number of carbonyl (C=O) groups excluding carboxylic acids is 1.